The van der Waals surface area contributed by atoms with Crippen molar-refractivity contribution >= 4 is 44.9 Å². The highest BCUT2D eigenvalue weighted by Crippen LogP contribution is 2.36. The lowest BCUT2D eigenvalue weighted by Gasteiger charge is -2.17. The van der Waals surface area contributed by atoms with Gasteiger partial charge in [0.05, 0.1) is 12.0 Å². The number of aryl methyl sites for hydroxylation is 1. The van der Waals surface area contributed by atoms with E-state index in [1.54, 1.807) is 23.1 Å². The Labute approximate surface area is 171 Å². The fourth-order valence-electron chi connectivity index (χ4n) is 3.35. The lowest BCUT2D eigenvalue weighted by Crippen LogP contribution is -2.13. The molecule has 0 unspecified atom stereocenters. The Morgan fingerprint density at radius 2 is 2.19 bits per heavy atom. The first-order valence-electron chi connectivity index (χ1n) is 9.16. The summed E-state index contributed by atoms with van der Waals surface area (Å²) in [5.74, 6) is 2.35. The maximum absolute atomic E-state index is 12.6. The van der Waals surface area contributed by atoms with Gasteiger partial charge in [-0.2, -0.15) is 0 Å². The second kappa shape index (κ2) is 8.25. The van der Waals surface area contributed by atoms with Crippen molar-refractivity contribution in [2.45, 2.75) is 37.8 Å². The Morgan fingerprint density at radius 3 is 3.00 bits per heavy atom. The van der Waals surface area contributed by atoms with Crippen LogP contribution in [0.1, 0.15) is 30.2 Å². The molecule has 4 nitrogen and oxygen atoms in total. The molecule has 0 amide bonds. The Kier molecular flexibility index (Phi) is 5.76. The summed E-state index contributed by atoms with van der Waals surface area (Å²) >= 11 is 9.13. The standard InChI is InChI=1S/C20H21ClN2O2S2/c1-12-3-8-15-16(11-12)27-19-17(15)18(24)22-20(23-19)26-10-2-9-25-14-6-4-13(21)5-7-14/h4-7,12H,2-3,8-11H2,1H3,(H,22,23,24)/t12-/m0/s1. The van der Waals surface area contributed by atoms with Crippen molar-refractivity contribution in [1.82, 2.24) is 9.97 Å². The van der Waals surface area contributed by atoms with E-state index >= 15 is 0 Å². The van der Waals surface area contributed by atoms with E-state index in [-0.39, 0.29) is 5.56 Å². The Hall–Kier alpha value is -1.50. The number of nitrogens with zero attached hydrogens (tertiary/aromatic N) is 1. The molecular weight excluding hydrogens is 400 g/mol. The molecule has 4 rings (SSSR count). The van der Waals surface area contributed by atoms with E-state index in [0.29, 0.717) is 22.7 Å². The average Bonchev–Trinajstić information content (AvgIpc) is 3.00. The van der Waals surface area contributed by atoms with Crippen LogP contribution in [0.3, 0.4) is 0 Å². The van der Waals surface area contributed by atoms with Gasteiger partial charge in [0.15, 0.2) is 5.16 Å². The molecule has 27 heavy (non-hydrogen) atoms. The number of benzene rings is 1. The molecule has 0 aliphatic heterocycles. The van der Waals surface area contributed by atoms with Crippen LogP contribution < -0.4 is 10.3 Å². The van der Waals surface area contributed by atoms with Crippen LogP contribution in [0.15, 0.2) is 34.2 Å². The number of fused-ring (bicyclic) bond motifs is 3. The van der Waals surface area contributed by atoms with E-state index in [2.05, 4.69) is 11.9 Å². The molecule has 0 bridgehead atoms. The van der Waals surface area contributed by atoms with Crippen molar-refractivity contribution in [2.24, 2.45) is 5.92 Å². The van der Waals surface area contributed by atoms with Crippen LogP contribution in [-0.4, -0.2) is 22.3 Å². The van der Waals surface area contributed by atoms with Crippen molar-refractivity contribution in [3.8, 4) is 5.75 Å². The zero-order chi connectivity index (χ0) is 18.8. The quantitative estimate of drug-likeness (QED) is 0.333. The van der Waals surface area contributed by atoms with Gasteiger partial charge in [-0.05, 0) is 61.4 Å². The molecule has 7 heteroatoms. The number of aromatic nitrogens is 2. The minimum absolute atomic E-state index is 0.00645. The van der Waals surface area contributed by atoms with E-state index in [1.165, 1.54) is 10.4 Å². The van der Waals surface area contributed by atoms with Gasteiger partial charge in [-0.1, -0.05) is 30.3 Å². The number of hydrogen-bond acceptors (Lipinski definition) is 5. The number of rotatable bonds is 6. The second-order valence-corrected chi connectivity index (χ2v) is 9.51. The van der Waals surface area contributed by atoms with Gasteiger partial charge in [0, 0.05) is 15.7 Å². The summed E-state index contributed by atoms with van der Waals surface area (Å²) in [5, 5.41) is 2.22. The molecule has 2 heterocycles. The molecule has 2 aromatic heterocycles. The van der Waals surface area contributed by atoms with Crippen LogP contribution in [-0.2, 0) is 12.8 Å². The molecule has 3 aromatic rings. The number of H-pyrrole nitrogens is 1. The summed E-state index contributed by atoms with van der Waals surface area (Å²) < 4.78 is 5.70. The SMILES string of the molecule is C[C@H]1CCc2c(sc3nc(SCCCOc4ccc(Cl)cc4)[nH]c(=O)c23)C1. The largest absolute Gasteiger partial charge is 0.494 e. The third kappa shape index (κ3) is 4.33. The number of hydrogen-bond donors (Lipinski definition) is 1. The van der Waals surface area contributed by atoms with Gasteiger partial charge >= 0.3 is 0 Å². The van der Waals surface area contributed by atoms with Crippen molar-refractivity contribution in [2.75, 3.05) is 12.4 Å². The first kappa shape index (κ1) is 18.8. The molecule has 0 saturated carbocycles. The average molecular weight is 421 g/mol. The van der Waals surface area contributed by atoms with Gasteiger partial charge < -0.3 is 9.72 Å². The van der Waals surface area contributed by atoms with Crippen molar-refractivity contribution in [1.29, 1.82) is 0 Å². The Bertz CT molecular complexity index is 998. The molecule has 0 saturated heterocycles. The maximum Gasteiger partial charge on any atom is 0.260 e. The summed E-state index contributed by atoms with van der Waals surface area (Å²) in [4.78, 5) is 22.5. The first-order valence-corrected chi connectivity index (χ1v) is 11.3. The summed E-state index contributed by atoms with van der Waals surface area (Å²) in [6.07, 6.45) is 4.09. The molecule has 1 aliphatic rings. The minimum Gasteiger partial charge on any atom is -0.494 e. The topological polar surface area (TPSA) is 55.0 Å². The lowest BCUT2D eigenvalue weighted by molar-refractivity contribution is 0.318. The summed E-state index contributed by atoms with van der Waals surface area (Å²) in [6, 6.07) is 7.36. The third-order valence-electron chi connectivity index (χ3n) is 4.75. The molecule has 142 valence electrons. The molecule has 1 aromatic carbocycles. The van der Waals surface area contributed by atoms with Crippen LogP contribution in [0.25, 0.3) is 10.2 Å². The number of ether oxygens (including phenoxy) is 1. The van der Waals surface area contributed by atoms with Crippen molar-refractivity contribution < 1.29 is 4.74 Å². The maximum atomic E-state index is 12.6. The summed E-state index contributed by atoms with van der Waals surface area (Å²) in [6.45, 7) is 2.89. The van der Waals surface area contributed by atoms with E-state index in [9.17, 15) is 4.79 Å². The third-order valence-corrected chi connectivity index (χ3v) is 7.11. The number of nitrogens with one attached hydrogen (secondary N) is 1. The molecule has 1 N–H and O–H groups in total. The fraction of sp³-hybridized carbons (Fsp3) is 0.400. The summed E-state index contributed by atoms with van der Waals surface area (Å²) in [7, 11) is 0. The molecular formula is C20H21ClN2O2S2. The normalized spacial score (nSPS) is 16.4. The van der Waals surface area contributed by atoms with Crippen LogP contribution in [0.5, 0.6) is 5.75 Å². The van der Waals surface area contributed by atoms with E-state index in [4.69, 9.17) is 21.3 Å². The van der Waals surface area contributed by atoms with Gasteiger partial charge in [0.2, 0.25) is 0 Å². The van der Waals surface area contributed by atoms with E-state index in [0.717, 1.165) is 47.4 Å². The smallest absolute Gasteiger partial charge is 0.260 e. The predicted molar refractivity (Wildman–Crippen MR) is 114 cm³/mol. The van der Waals surface area contributed by atoms with Crippen LogP contribution in [0.2, 0.25) is 5.02 Å². The highest BCUT2D eigenvalue weighted by atomic mass is 35.5. The van der Waals surface area contributed by atoms with E-state index in [1.807, 2.05) is 24.3 Å². The number of thiophene rings is 1. The molecule has 0 radical (unpaired) electrons. The lowest BCUT2D eigenvalue weighted by atomic mass is 9.89. The monoisotopic (exact) mass is 420 g/mol. The van der Waals surface area contributed by atoms with E-state index < -0.39 is 0 Å². The zero-order valence-corrected chi connectivity index (χ0v) is 17.5. The molecule has 0 spiro atoms. The van der Waals surface area contributed by atoms with Gasteiger partial charge in [-0.15, -0.1) is 11.3 Å². The fourth-order valence-corrected chi connectivity index (χ4v) is 5.69. The minimum atomic E-state index is 0.00645. The number of halogens is 1. The van der Waals surface area contributed by atoms with Gasteiger partial charge in [-0.3, -0.25) is 4.79 Å². The second-order valence-electron chi connectivity index (χ2n) is 6.91. The van der Waals surface area contributed by atoms with Gasteiger partial charge in [-0.25, -0.2) is 4.98 Å². The molecule has 1 aliphatic carbocycles. The van der Waals surface area contributed by atoms with Gasteiger partial charge in [0.1, 0.15) is 10.6 Å². The van der Waals surface area contributed by atoms with Crippen LogP contribution >= 0.6 is 34.7 Å². The highest BCUT2D eigenvalue weighted by Gasteiger charge is 2.23. The van der Waals surface area contributed by atoms with Crippen LogP contribution in [0.4, 0.5) is 0 Å². The first-order chi connectivity index (χ1) is 13.1. The Balaban J connectivity index is 1.36. The summed E-state index contributed by atoms with van der Waals surface area (Å²) in [5.41, 5.74) is 1.24. The zero-order valence-electron chi connectivity index (χ0n) is 15.1. The Morgan fingerprint density at radius 1 is 1.37 bits per heavy atom. The number of aromatic amines is 1. The predicted octanol–water partition coefficient (Wildman–Crippen LogP) is 5.32. The molecule has 1 atom stereocenters. The van der Waals surface area contributed by atoms with Crippen molar-refractivity contribution in [3.63, 3.8) is 0 Å². The van der Waals surface area contributed by atoms with Gasteiger partial charge in [0.25, 0.3) is 5.56 Å². The highest BCUT2D eigenvalue weighted by molar-refractivity contribution is 7.99. The van der Waals surface area contributed by atoms with Crippen LogP contribution in [0, 0.1) is 5.92 Å². The van der Waals surface area contributed by atoms with Crippen molar-refractivity contribution in [3.05, 3.63) is 50.1 Å². The number of thioether (sulfide) groups is 1. The molecule has 0 fully saturated rings.